The number of aromatic nitrogens is 4. The molecule has 0 radical (unpaired) electrons. The maximum absolute atomic E-state index is 14.4. The quantitative estimate of drug-likeness (QED) is 0.655. The van der Waals surface area contributed by atoms with Crippen molar-refractivity contribution in [3.63, 3.8) is 0 Å². The van der Waals surface area contributed by atoms with Crippen LogP contribution in [0.1, 0.15) is 41.6 Å². The van der Waals surface area contributed by atoms with Crippen LogP contribution in [0.25, 0.3) is 11.3 Å². The standard InChI is InChI=1S/C22H25FN6O2/c1-13(23)21-17(8-19(21)29-12-18(25-27-29)15-10-28(2)11-15)24-22(30)20-9-16(26-31-20)14-6-4-3-5-7-14/h3-7,9,12-13,15,17,19,21H,8,10-11H2,1-2H3,(H,24,30)/t13?,17-,19-,21?/m1/s1. The Morgan fingerprint density at radius 1 is 1.29 bits per heavy atom. The Morgan fingerprint density at radius 2 is 2.06 bits per heavy atom. The van der Waals surface area contributed by atoms with E-state index in [9.17, 15) is 9.18 Å². The van der Waals surface area contributed by atoms with Crippen molar-refractivity contribution in [1.82, 2.24) is 30.4 Å². The van der Waals surface area contributed by atoms with Gasteiger partial charge < -0.3 is 14.7 Å². The Balaban J connectivity index is 1.24. The van der Waals surface area contributed by atoms with Crippen LogP contribution in [-0.2, 0) is 0 Å². The molecule has 3 aromatic rings. The van der Waals surface area contributed by atoms with E-state index in [2.05, 4.69) is 32.7 Å². The van der Waals surface area contributed by atoms with Gasteiger partial charge in [0.15, 0.2) is 0 Å². The van der Waals surface area contributed by atoms with Gasteiger partial charge in [0.2, 0.25) is 5.76 Å². The van der Waals surface area contributed by atoms with E-state index in [0.717, 1.165) is 24.3 Å². The summed E-state index contributed by atoms with van der Waals surface area (Å²) in [6, 6.07) is 10.7. The molecule has 0 spiro atoms. The van der Waals surface area contributed by atoms with E-state index < -0.39 is 6.17 Å². The van der Waals surface area contributed by atoms with Gasteiger partial charge in [-0.2, -0.15) is 0 Å². The monoisotopic (exact) mass is 424 g/mol. The number of benzene rings is 1. The zero-order chi connectivity index (χ0) is 21.5. The minimum atomic E-state index is -1.10. The number of likely N-dealkylation sites (N-methyl/N-ethyl adjacent to an activating group) is 1. The van der Waals surface area contributed by atoms with Gasteiger partial charge >= 0.3 is 0 Å². The second-order valence-corrected chi connectivity index (χ2v) is 8.62. The van der Waals surface area contributed by atoms with Crippen LogP contribution in [0.2, 0.25) is 0 Å². The second-order valence-electron chi connectivity index (χ2n) is 8.62. The van der Waals surface area contributed by atoms with Gasteiger partial charge in [0.05, 0.1) is 11.7 Å². The molecule has 1 aliphatic carbocycles. The minimum Gasteiger partial charge on any atom is -0.350 e. The molecule has 1 amide bonds. The highest BCUT2D eigenvalue weighted by atomic mass is 19.1. The van der Waals surface area contributed by atoms with Crippen molar-refractivity contribution in [3.05, 3.63) is 54.0 Å². The number of alkyl halides is 1. The first kappa shape index (κ1) is 19.9. The highest BCUT2D eigenvalue weighted by molar-refractivity contribution is 5.92. The van der Waals surface area contributed by atoms with Gasteiger partial charge in [0.25, 0.3) is 5.91 Å². The zero-order valence-corrected chi connectivity index (χ0v) is 17.5. The number of amides is 1. The fraction of sp³-hybridized carbons (Fsp3) is 0.455. The third-order valence-corrected chi connectivity index (χ3v) is 6.40. The average molecular weight is 424 g/mol. The molecule has 31 heavy (non-hydrogen) atoms. The Kier molecular flexibility index (Phi) is 5.05. The van der Waals surface area contributed by atoms with Crippen LogP contribution in [0, 0.1) is 5.92 Å². The van der Waals surface area contributed by atoms with Crippen LogP contribution in [-0.4, -0.2) is 63.3 Å². The predicted octanol–water partition coefficient (Wildman–Crippen LogP) is 2.68. The normalized spacial score (nSPS) is 24.9. The van der Waals surface area contributed by atoms with Gasteiger partial charge in [0.1, 0.15) is 11.9 Å². The number of halogens is 1. The molecule has 1 aromatic carbocycles. The van der Waals surface area contributed by atoms with Crippen LogP contribution >= 0.6 is 0 Å². The predicted molar refractivity (Wildman–Crippen MR) is 111 cm³/mol. The van der Waals surface area contributed by atoms with Crippen molar-refractivity contribution in [1.29, 1.82) is 0 Å². The first-order valence-corrected chi connectivity index (χ1v) is 10.6. The first-order chi connectivity index (χ1) is 15.0. The summed E-state index contributed by atoms with van der Waals surface area (Å²) >= 11 is 0. The molecule has 1 N–H and O–H groups in total. The van der Waals surface area contributed by atoms with Gasteiger partial charge in [-0.3, -0.25) is 4.79 Å². The fourth-order valence-electron chi connectivity index (χ4n) is 4.60. The largest absolute Gasteiger partial charge is 0.350 e. The van der Waals surface area contributed by atoms with Crippen LogP contribution < -0.4 is 5.32 Å². The molecular weight excluding hydrogens is 399 g/mol. The van der Waals surface area contributed by atoms with E-state index >= 15 is 0 Å². The molecule has 1 aliphatic heterocycles. The molecule has 5 rings (SSSR count). The number of hydrogen-bond donors (Lipinski definition) is 1. The van der Waals surface area contributed by atoms with Gasteiger partial charge in [-0.05, 0) is 20.4 Å². The number of nitrogens with zero attached hydrogens (tertiary/aromatic N) is 5. The maximum Gasteiger partial charge on any atom is 0.290 e. The summed E-state index contributed by atoms with van der Waals surface area (Å²) in [4.78, 5) is 14.9. The Bertz CT molecular complexity index is 1060. The Hall–Kier alpha value is -3.07. The molecule has 8 nitrogen and oxygen atoms in total. The third kappa shape index (κ3) is 3.74. The fourth-order valence-corrected chi connectivity index (χ4v) is 4.60. The second kappa shape index (κ2) is 7.88. The van der Waals surface area contributed by atoms with Gasteiger partial charge in [-0.15, -0.1) is 5.10 Å². The first-order valence-electron chi connectivity index (χ1n) is 10.6. The minimum absolute atomic E-state index is 0.115. The summed E-state index contributed by atoms with van der Waals surface area (Å²) in [5, 5.41) is 15.4. The summed E-state index contributed by atoms with van der Waals surface area (Å²) in [6.07, 6.45) is 1.43. The average Bonchev–Trinajstić information content (AvgIpc) is 3.38. The lowest BCUT2D eigenvalue weighted by Gasteiger charge is -2.45. The van der Waals surface area contributed by atoms with Crippen molar-refractivity contribution in [3.8, 4) is 11.3 Å². The van der Waals surface area contributed by atoms with Crippen molar-refractivity contribution in [2.45, 2.75) is 37.5 Å². The number of carbonyl (C=O) groups is 1. The van der Waals surface area contributed by atoms with Crippen molar-refractivity contribution < 1.29 is 13.7 Å². The molecular formula is C22H25FN6O2. The molecule has 162 valence electrons. The lowest BCUT2D eigenvalue weighted by molar-refractivity contribution is 0.0320. The van der Waals surface area contributed by atoms with Gasteiger partial charge in [-0.1, -0.05) is 40.7 Å². The van der Waals surface area contributed by atoms with Gasteiger partial charge in [0, 0.05) is 48.8 Å². The van der Waals surface area contributed by atoms with E-state index in [0.29, 0.717) is 18.0 Å². The lowest BCUT2D eigenvalue weighted by Crippen LogP contribution is -2.56. The van der Waals surface area contributed by atoms with E-state index in [4.69, 9.17) is 4.52 Å². The summed E-state index contributed by atoms with van der Waals surface area (Å²) in [6.45, 7) is 3.46. The molecule has 1 saturated heterocycles. The topological polar surface area (TPSA) is 89.1 Å². The van der Waals surface area contributed by atoms with Crippen LogP contribution in [0.5, 0.6) is 0 Å². The molecule has 2 fully saturated rings. The molecule has 3 heterocycles. The molecule has 2 aliphatic rings. The highest BCUT2D eigenvalue weighted by Crippen LogP contribution is 2.42. The van der Waals surface area contributed by atoms with Gasteiger partial charge in [-0.25, -0.2) is 9.07 Å². The molecule has 9 heteroatoms. The highest BCUT2D eigenvalue weighted by Gasteiger charge is 2.47. The van der Waals surface area contributed by atoms with E-state index in [1.807, 2.05) is 36.5 Å². The smallest absolute Gasteiger partial charge is 0.290 e. The number of hydrogen-bond acceptors (Lipinski definition) is 6. The van der Waals surface area contributed by atoms with E-state index in [1.165, 1.54) is 6.92 Å². The van der Waals surface area contributed by atoms with E-state index in [1.54, 1.807) is 10.7 Å². The molecule has 0 bridgehead atoms. The Labute approximate surface area is 179 Å². The Morgan fingerprint density at radius 3 is 2.77 bits per heavy atom. The van der Waals surface area contributed by atoms with Crippen LogP contribution in [0.15, 0.2) is 47.1 Å². The summed E-state index contributed by atoms with van der Waals surface area (Å²) < 4.78 is 21.4. The molecule has 1 saturated carbocycles. The summed E-state index contributed by atoms with van der Waals surface area (Å²) in [5.74, 6) is -0.259. The number of nitrogens with one attached hydrogen (secondary N) is 1. The van der Waals surface area contributed by atoms with Crippen molar-refractivity contribution in [2.75, 3.05) is 20.1 Å². The SMILES string of the molecule is CC(F)C1[C@H](n2cc(C3CN(C)C3)nn2)C[C@H]1NC(=O)c1cc(-c2ccccc2)no1. The lowest BCUT2D eigenvalue weighted by atomic mass is 9.72. The van der Waals surface area contributed by atoms with Crippen molar-refractivity contribution in [2.24, 2.45) is 5.92 Å². The van der Waals surface area contributed by atoms with E-state index in [-0.39, 0.29) is 29.7 Å². The summed E-state index contributed by atoms with van der Waals surface area (Å²) in [5.41, 5.74) is 2.40. The maximum atomic E-state index is 14.4. The molecule has 2 unspecified atom stereocenters. The zero-order valence-electron chi connectivity index (χ0n) is 17.5. The summed E-state index contributed by atoms with van der Waals surface area (Å²) in [7, 11) is 2.07. The van der Waals surface area contributed by atoms with Crippen LogP contribution in [0.4, 0.5) is 4.39 Å². The third-order valence-electron chi connectivity index (χ3n) is 6.40. The number of rotatable bonds is 6. The van der Waals surface area contributed by atoms with Crippen molar-refractivity contribution >= 4 is 5.91 Å². The number of likely N-dealkylation sites (tertiary alicyclic amines) is 1. The van der Waals surface area contributed by atoms with Crippen LogP contribution in [0.3, 0.4) is 0 Å². The number of carbonyl (C=O) groups excluding carboxylic acids is 1. The molecule has 4 atom stereocenters. The molecule has 2 aromatic heterocycles.